The fourth-order valence-corrected chi connectivity index (χ4v) is 1.60. The molecule has 0 saturated heterocycles. The van der Waals surface area contributed by atoms with Crippen LogP contribution < -0.4 is 5.32 Å². The van der Waals surface area contributed by atoms with Gasteiger partial charge in [-0.05, 0) is 14.0 Å². The van der Waals surface area contributed by atoms with E-state index in [9.17, 15) is 0 Å². The molecule has 1 atom stereocenters. The van der Waals surface area contributed by atoms with Crippen molar-refractivity contribution in [2.45, 2.75) is 13.0 Å². The van der Waals surface area contributed by atoms with E-state index in [-0.39, 0.29) is 6.04 Å². The van der Waals surface area contributed by atoms with Crippen molar-refractivity contribution in [3.8, 4) is 6.07 Å². The summed E-state index contributed by atoms with van der Waals surface area (Å²) in [5.41, 5.74) is 0.973. The van der Waals surface area contributed by atoms with E-state index in [1.54, 1.807) is 7.05 Å². The summed E-state index contributed by atoms with van der Waals surface area (Å²) in [5, 5.41) is 14.3. The van der Waals surface area contributed by atoms with Gasteiger partial charge in [0.05, 0.1) is 6.07 Å². The third-order valence-corrected chi connectivity index (χ3v) is 2.33. The van der Waals surface area contributed by atoms with Gasteiger partial charge in [0.15, 0.2) is 0 Å². The number of rotatable bonds is 2. The van der Waals surface area contributed by atoms with Gasteiger partial charge in [-0.25, -0.2) is 4.98 Å². The van der Waals surface area contributed by atoms with Crippen molar-refractivity contribution < 1.29 is 0 Å². The van der Waals surface area contributed by atoms with Crippen molar-refractivity contribution in [1.82, 2.24) is 10.3 Å². The molecule has 0 bridgehead atoms. The van der Waals surface area contributed by atoms with E-state index in [4.69, 9.17) is 5.26 Å². The molecule has 1 rings (SSSR count). The van der Waals surface area contributed by atoms with E-state index in [2.05, 4.69) is 16.4 Å². The molecule has 1 aromatic rings. The summed E-state index contributed by atoms with van der Waals surface area (Å²) in [4.78, 5) is 4.19. The van der Waals surface area contributed by atoms with E-state index in [1.807, 2.05) is 12.3 Å². The summed E-state index contributed by atoms with van der Waals surface area (Å²) in [6, 6.07) is 1.86. The van der Waals surface area contributed by atoms with Crippen LogP contribution in [0.5, 0.6) is 0 Å². The Morgan fingerprint density at radius 3 is 2.91 bits per heavy atom. The zero-order chi connectivity index (χ0) is 8.27. The number of hydrogen-bond acceptors (Lipinski definition) is 4. The van der Waals surface area contributed by atoms with Gasteiger partial charge in [0.25, 0.3) is 0 Å². The van der Waals surface area contributed by atoms with E-state index in [0.29, 0.717) is 0 Å². The summed E-state index contributed by atoms with van der Waals surface area (Å²) < 4.78 is 0. The van der Waals surface area contributed by atoms with Crippen LogP contribution in [0.3, 0.4) is 0 Å². The van der Waals surface area contributed by atoms with Crippen LogP contribution >= 0.6 is 11.3 Å². The lowest BCUT2D eigenvalue weighted by Crippen LogP contribution is -2.13. The molecule has 0 spiro atoms. The maximum Gasteiger partial charge on any atom is 0.147 e. The molecule has 0 aliphatic heterocycles. The summed E-state index contributed by atoms with van der Waals surface area (Å²) in [7, 11) is 1.75. The second kappa shape index (κ2) is 3.46. The first-order valence-electron chi connectivity index (χ1n) is 3.27. The van der Waals surface area contributed by atoms with Crippen molar-refractivity contribution >= 4 is 11.3 Å². The molecule has 1 N–H and O–H groups in total. The van der Waals surface area contributed by atoms with Crippen LogP contribution in [0.15, 0.2) is 5.38 Å². The molecule has 0 aromatic carbocycles. The molecule has 0 saturated carbocycles. The number of nitrogens with one attached hydrogen (secondary N) is 1. The number of nitrogens with zero attached hydrogens (tertiary/aromatic N) is 2. The normalized spacial score (nSPS) is 12.5. The van der Waals surface area contributed by atoms with Crippen molar-refractivity contribution in [1.29, 1.82) is 5.26 Å². The molecule has 1 aromatic heterocycles. The Hall–Kier alpha value is -0.920. The largest absolute Gasteiger partial charge is 0.299 e. The second-order valence-electron chi connectivity index (χ2n) is 2.18. The molecule has 0 aliphatic carbocycles. The molecule has 58 valence electrons. The van der Waals surface area contributed by atoms with Gasteiger partial charge in [-0.3, -0.25) is 5.32 Å². The average molecular weight is 167 g/mol. The lowest BCUT2D eigenvalue weighted by atomic mass is 10.3. The summed E-state index contributed by atoms with van der Waals surface area (Å²) in [6.07, 6.45) is 0. The highest BCUT2D eigenvalue weighted by Crippen LogP contribution is 2.16. The van der Waals surface area contributed by atoms with Crippen molar-refractivity contribution in [3.63, 3.8) is 0 Å². The van der Waals surface area contributed by atoms with Gasteiger partial charge in [-0.1, -0.05) is 0 Å². The Kier molecular flexibility index (Phi) is 2.58. The number of aromatic nitrogens is 1. The van der Waals surface area contributed by atoms with Crippen molar-refractivity contribution in [3.05, 3.63) is 16.1 Å². The molecule has 11 heavy (non-hydrogen) atoms. The minimum Gasteiger partial charge on any atom is -0.299 e. The molecule has 1 heterocycles. The van der Waals surface area contributed by atoms with Gasteiger partial charge in [0.1, 0.15) is 11.0 Å². The Morgan fingerprint density at radius 2 is 2.55 bits per heavy atom. The van der Waals surface area contributed by atoms with E-state index < -0.39 is 0 Å². The molecule has 0 amide bonds. The molecule has 0 aliphatic rings. The summed E-state index contributed by atoms with van der Waals surface area (Å²) in [5.74, 6) is 0. The van der Waals surface area contributed by atoms with E-state index in [0.717, 1.165) is 10.7 Å². The monoisotopic (exact) mass is 167 g/mol. The zero-order valence-corrected chi connectivity index (χ0v) is 7.27. The van der Waals surface area contributed by atoms with E-state index in [1.165, 1.54) is 11.3 Å². The van der Waals surface area contributed by atoms with Crippen molar-refractivity contribution in [2.75, 3.05) is 7.05 Å². The average Bonchev–Trinajstić information content (AvgIpc) is 2.39. The van der Waals surface area contributed by atoms with Gasteiger partial charge >= 0.3 is 0 Å². The smallest absolute Gasteiger partial charge is 0.147 e. The first kappa shape index (κ1) is 8.18. The first-order chi connectivity index (χ1) is 5.27. The lowest BCUT2D eigenvalue weighted by molar-refractivity contribution is 0.719. The predicted molar refractivity (Wildman–Crippen MR) is 44.3 cm³/mol. The van der Waals surface area contributed by atoms with Crippen LogP contribution in [-0.2, 0) is 0 Å². The Bertz CT molecular complexity index is 273. The van der Waals surface area contributed by atoms with Gasteiger partial charge < -0.3 is 0 Å². The standard InChI is InChI=1S/C7H9N3S/c1-5-4-11-7(10-5)6(3-8)9-2/h4,6,9H,1-2H3. The Balaban J connectivity index is 2.84. The summed E-state index contributed by atoms with van der Waals surface area (Å²) >= 11 is 1.51. The van der Waals surface area contributed by atoms with Crippen LogP contribution in [0.1, 0.15) is 16.7 Å². The topological polar surface area (TPSA) is 48.7 Å². The third-order valence-electron chi connectivity index (χ3n) is 1.30. The zero-order valence-electron chi connectivity index (χ0n) is 6.46. The quantitative estimate of drug-likeness (QED) is 0.720. The fourth-order valence-electron chi connectivity index (χ4n) is 0.748. The van der Waals surface area contributed by atoms with Crippen molar-refractivity contribution in [2.24, 2.45) is 0 Å². The molecular weight excluding hydrogens is 158 g/mol. The predicted octanol–water partition coefficient (Wildman–Crippen LogP) is 1.24. The lowest BCUT2D eigenvalue weighted by Gasteiger charge is -2.00. The maximum atomic E-state index is 8.64. The maximum absolute atomic E-state index is 8.64. The molecule has 4 heteroatoms. The van der Waals surface area contributed by atoms with Gasteiger partial charge in [-0.2, -0.15) is 5.26 Å². The number of nitriles is 1. The Morgan fingerprint density at radius 1 is 1.82 bits per heavy atom. The van der Waals surface area contributed by atoms with Crippen LogP contribution in [0.25, 0.3) is 0 Å². The minimum atomic E-state index is -0.256. The highest BCUT2D eigenvalue weighted by molar-refractivity contribution is 7.09. The molecule has 1 unspecified atom stereocenters. The van der Waals surface area contributed by atoms with Gasteiger partial charge in [-0.15, -0.1) is 11.3 Å². The number of aryl methyl sites for hydroxylation is 1. The second-order valence-corrected chi connectivity index (χ2v) is 3.07. The van der Waals surface area contributed by atoms with E-state index >= 15 is 0 Å². The molecular formula is C7H9N3S. The molecule has 0 fully saturated rings. The first-order valence-corrected chi connectivity index (χ1v) is 4.15. The van der Waals surface area contributed by atoms with Gasteiger partial charge in [0, 0.05) is 11.1 Å². The third kappa shape index (κ3) is 1.76. The molecule has 3 nitrogen and oxygen atoms in total. The highest BCUT2D eigenvalue weighted by atomic mass is 32.1. The molecule has 0 radical (unpaired) electrons. The minimum absolute atomic E-state index is 0.256. The van der Waals surface area contributed by atoms with Crippen LogP contribution in [0.2, 0.25) is 0 Å². The van der Waals surface area contributed by atoms with Gasteiger partial charge in [0.2, 0.25) is 0 Å². The summed E-state index contributed by atoms with van der Waals surface area (Å²) in [6.45, 7) is 1.92. The SMILES string of the molecule is CNC(C#N)c1nc(C)cs1. The number of thiazole rings is 1. The van der Waals surface area contributed by atoms with Crippen LogP contribution in [0, 0.1) is 18.3 Å². The van der Waals surface area contributed by atoms with Crippen LogP contribution in [-0.4, -0.2) is 12.0 Å². The number of hydrogen-bond donors (Lipinski definition) is 1. The highest BCUT2D eigenvalue weighted by Gasteiger charge is 2.10. The fraction of sp³-hybridized carbons (Fsp3) is 0.429. The van der Waals surface area contributed by atoms with Crippen LogP contribution in [0.4, 0.5) is 0 Å². The Labute approximate surface area is 69.7 Å².